The zero-order valence-corrected chi connectivity index (χ0v) is 18.3. The van der Waals surface area contributed by atoms with Gasteiger partial charge in [-0.05, 0) is 36.6 Å². The number of hydrogen-bond donors (Lipinski definition) is 2. The van der Waals surface area contributed by atoms with E-state index in [1.165, 1.54) is 19.2 Å². The molecule has 0 radical (unpaired) electrons. The number of rotatable bonds is 7. The lowest BCUT2D eigenvalue weighted by molar-refractivity contribution is -0.131. The predicted molar refractivity (Wildman–Crippen MR) is 115 cm³/mol. The van der Waals surface area contributed by atoms with Crippen molar-refractivity contribution in [2.45, 2.75) is 26.4 Å². The first-order valence-electron chi connectivity index (χ1n) is 9.88. The Labute approximate surface area is 185 Å². The number of hydrazine groups is 1. The number of para-hydroxylation sites is 2. The van der Waals surface area contributed by atoms with E-state index in [0.717, 1.165) is 6.42 Å². The maximum absolute atomic E-state index is 12.5. The van der Waals surface area contributed by atoms with Gasteiger partial charge in [0.05, 0.1) is 18.7 Å². The van der Waals surface area contributed by atoms with Crippen molar-refractivity contribution in [3.8, 4) is 23.0 Å². The maximum atomic E-state index is 12.5. The number of nitrogens with one attached hydrogen (secondary N) is 2. The van der Waals surface area contributed by atoms with Gasteiger partial charge in [0.15, 0.2) is 23.0 Å². The molecule has 1 atom stereocenters. The van der Waals surface area contributed by atoms with Crippen molar-refractivity contribution in [3.63, 3.8) is 0 Å². The molecule has 0 saturated heterocycles. The predicted octanol–water partition coefficient (Wildman–Crippen LogP) is 3.37. The number of amides is 2. The Morgan fingerprint density at radius 3 is 2.65 bits per heavy atom. The Morgan fingerprint density at radius 2 is 1.94 bits per heavy atom. The van der Waals surface area contributed by atoms with Gasteiger partial charge in [-0.2, -0.15) is 0 Å². The first-order valence-corrected chi connectivity index (χ1v) is 10.3. The Bertz CT molecular complexity index is 950. The van der Waals surface area contributed by atoms with Crippen LogP contribution in [-0.2, 0) is 4.79 Å². The Kier molecular flexibility index (Phi) is 7.46. The third-order valence-electron chi connectivity index (χ3n) is 4.53. The highest BCUT2D eigenvalue weighted by Gasteiger charge is 2.27. The summed E-state index contributed by atoms with van der Waals surface area (Å²) in [7, 11) is 1.46. The molecule has 2 N–H and O–H groups in total. The van der Waals surface area contributed by atoms with Crippen LogP contribution in [0.3, 0.4) is 0 Å². The van der Waals surface area contributed by atoms with Gasteiger partial charge >= 0.3 is 0 Å². The molecule has 2 amide bonds. The van der Waals surface area contributed by atoms with E-state index in [0.29, 0.717) is 35.5 Å². The number of carbonyl (C=O) groups excluding carboxylic acids is 2. The van der Waals surface area contributed by atoms with Crippen LogP contribution in [0.4, 0.5) is 0 Å². The minimum absolute atomic E-state index is 0.0286. The van der Waals surface area contributed by atoms with Gasteiger partial charge in [-0.1, -0.05) is 37.6 Å². The van der Waals surface area contributed by atoms with Crippen LogP contribution in [0.25, 0.3) is 0 Å². The number of hydrogen-bond acceptors (Lipinski definition) is 6. The van der Waals surface area contributed by atoms with E-state index in [2.05, 4.69) is 24.7 Å². The molecule has 8 nitrogen and oxygen atoms in total. The molecule has 0 spiro atoms. The van der Waals surface area contributed by atoms with Gasteiger partial charge in [0.2, 0.25) is 6.10 Å². The Morgan fingerprint density at radius 1 is 1.19 bits per heavy atom. The van der Waals surface area contributed by atoms with Crippen molar-refractivity contribution >= 4 is 23.4 Å². The molecule has 166 valence electrons. The SMILES string of the molecule is COc1cc(C(=O)NNC(=O)C2COc3ccccc3O2)cc(Cl)c1OCCC(C)C. The zero-order chi connectivity index (χ0) is 22.4. The number of carbonyl (C=O) groups is 2. The molecule has 3 rings (SSSR count). The number of fused-ring (bicyclic) bond motifs is 1. The van der Waals surface area contributed by atoms with Crippen LogP contribution in [0.5, 0.6) is 23.0 Å². The van der Waals surface area contributed by atoms with Crippen LogP contribution in [0.2, 0.25) is 5.02 Å². The van der Waals surface area contributed by atoms with E-state index < -0.39 is 17.9 Å². The highest BCUT2D eigenvalue weighted by Crippen LogP contribution is 2.36. The lowest BCUT2D eigenvalue weighted by Crippen LogP contribution is -2.50. The van der Waals surface area contributed by atoms with E-state index >= 15 is 0 Å². The third-order valence-corrected chi connectivity index (χ3v) is 4.81. The number of methoxy groups -OCH3 is 1. The molecule has 0 bridgehead atoms. The molecule has 1 aliphatic heterocycles. The molecule has 0 fully saturated rings. The van der Waals surface area contributed by atoms with Crippen molar-refractivity contribution in [1.82, 2.24) is 10.9 Å². The van der Waals surface area contributed by atoms with Gasteiger partial charge in [-0.15, -0.1) is 0 Å². The fourth-order valence-electron chi connectivity index (χ4n) is 2.81. The van der Waals surface area contributed by atoms with E-state index in [1.807, 2.05) is 6.07 Å². The molecule has 1 unspecified atom stereocenters. The summed E-state index contributed by atoms with van der Waals surface area (Å²) in [5.41, 5.74) is 4.89. The summed E-state index contributed by atoms with van der Waals surface area (Å²) in [6, 6.07) is 9.98. The topological polar surface area (TPSA) is 95.1 Å². The molecule has 0 saturated carbocycles. The van der Waals surface area contributed by atoms with Crippen LogP contribution in [0.1, 0.15) is 30.6 Å². The molecule has 1 heterocycles. The molecule has 31 heavy (non-hydrogen) atoms. The average Bonchev–Trinajstić information content (AvgIpc) is 2.77. The van der Waals surface area contributed by atoms with Gasteiger partial charge in [-0.3, -0.25) is 20.4 Å². The minimum atomic E-state index is -0.898. The van der Waals surface area contributed by atoms with E-state index in [-0.39, 0.29) is 17.2 Å². The second kappa shape index (κ2) is 10.3. The third kappa shape index (κ3) is 5.73. The van der Waals surface area contributed by atoms with Gasteiger partial charge in [0.1, 0.15) is 6.61 Å². The van der Waals surface area contributed by atoms with Gasteiger partial charge in [0.25, 0.3) is 11.8 Å². The average molecular weight is 449 g/mol. The monoisotopic (exact) mass is 448 g/mol. The summed E-state index contributed by atoms with van der Waals surface area (Å²) in [4.78, 5) is 24.9. The molecule has 0 aliphatic carbocycles. The summed E-state index contributed by atoms with van der Waals surface area (Å²) in [6.45, 7) is 4.68. The normalized spacial score (nSPS) is 14.7. The molecule has 2 aromatic rings. The van der Waals surface area contributed by atoms with Gasteiger partial charge in [-0.25, -0.2) is 0 Å². The standard InChI is InChI=1S/C22H25ClN2O6/c1-13(2)8-9-29-20-15(23)10-14(11-18(20)28-3)21(26)24-25-22(27)19-12-30-16-6-4-5-7-17(16)31-19/h4-7,10-11,13,19H,8-9,12H2,1-3H3,(H,24,26)(H,25,27). The lowest BCUT2D eigenvalue weighted by atomic mass is 10.1. The molecule has 0 aromatic heterocycles. The number of ether oxygens (including phenoxy) is 4. The van der Waals surface area contributed by atoms with Crippen LogP contribution in [0, 0.1) is 5.92 Å². The summed E-state index contributed by atoms with van der Waals surface area (Å²) >= 11 is 6.30. The molecular formula is C22H25ClN2O6. The van der Waals surface area contributed by atoms with Crippen LogP contribution >= 0.6 is 11.6 Å². The Hall–Kier alpha value is -3.13. The second-order valence-electron chi connectivity index (χ2n) is 7.33. The van der Waals surface area contributed by atoms with E-state index in [4.69, 9.17) is 30.5 Å². The van der Waals surface area contributed by atoms with E-state index in [1.54, 1.807) is 18.2 Å². The maximum Gasteiger partial charge on any atom is 0.283 e. The van der Waals surface area contributed by atoms with Crippen molar-refractivity contribution in [3.05, 3.63) is 47.0 Å². The quantitative estimate of drug-likeness (QED) is 0.630. The minimum Gasteiger partial charge on any atom is -0.493 e. The van der Waals surface area contributed by atoms with Crippen LogP contribution in [0.15, 0.2) is 36.4 Å². The lowest BCUT2D eigenvalue weighted by Gasteiger charge is -2.25. The van der Waals surface area contributed by atoms with Crippen molar-refractivity contribution in [1.29, 1.82) is 0 Å². The molecular weight excluding hydrogens is 424 g/mol. The fourth-order valence-corrected chi connectivity index (χ4v) is 3.07. The highest BCUT2D eigenvalue weighted by molar-refractivity contribution is 6.32. The largest absolute Gasteiger partial charge is 0.493 e. The summed E-state index contributed by atoms with van der Waals surface area (Å²) in [6.07, 6.45) is -0.0457. The summed E-state index contributed by atoms with van der Waals surface area (Å²) in [5.74, 6) is 1.09. The number of halogens is 1. The zero-order valence-electron chi connectivity index (χ0n) is 17.6. The van der Waals surface area contributed by atoms with Gasteiger partial charge < -0.3 is 18.9 Å². The van der Waals surface area contributed by atoms with Crippen LogP contribution < -0.4 is 29.8 Å². The smallest absolute Gasteiger partial charge is 0.283 e. The Balaban J connectivity index is 1.60. The molecule has 9 heteroatoms. The first kappa shape index (κ1) is 22.6. The van der Waals surface area contributed by atoms with E-state index in [9.17, 15) is 9.59 Å². The molecule has 1 aliphatic rings. The van der Waals surface area contributed by atoms with Gasteiger partial charge in [0, 0.05) is 5.56 Å². The second-order valence-corrected chi connectivity index (χ2v) is 7.74. The highest BCUT2D eigenvalue weighted by atomic mass is 35.5. The van der Waals surface area contributed by atoms with Crippen molar-refractivity contribution in [2.75, 3.05) is 20.3 Å². The van der Waals surface area contributed by atoms with Crippen LogP contribution in [-0.4, -0.2) is 38.2 Å². The van der Waals surface area contributed by atoms with Crippen molar-refractivity contribution in [2.24, 2.45) is 5.92 Å². The fraction of sp³-hybridized carbons (Fsp3) is 0.364. The summed E-state index contributed by atoms with van der Waals surface area (Å²) < 4.78 is 22.2. The molecule has 2 aromatic carbocycles. The number of benzene rings is 2. The first-order chi connectivity index (χ1) is 14.9. The summed E-state index contributed by atoms with van der Waals surface area (Å²) in [5, 5.41) is 0.236. The van der Waals surface area contributed by atoms with Crippen molar-refractivity contribution < 1.29 is 28.5 Å².